The van der Waals surface area contributed by atoms with Crippen molar-refractivity contribution in [3.63, 3.8) is 0 Å². The van der Waals surface area contributed by atoms with Crippen LogP contribution in [-0.4, -0.2) is 35.3 Å². The summed E-state index contributed by atoms with van der Waals surface area (Å²) >= 11 is 0. The average Bonchev–Trinajstić information content (AvgIpc) is 2.88. The van der Waals surface area contributed by atoms with Crippen molar-refractivity contribution in [1.29, 1.82) is 0 Å². The second-order valence-electron chi connectivity index (χ2n) is 10.9. The van der Waals surface area contributed by atoms with E-state index < -0.39 is 46.0 Å². The molecule has 2 saturated carbocycles. The molecule has 2 aliphatic rings. The minimum atomic E-state index is -6.99. The normalized spacial score (nSPS) is 19.7. The molecular weight excluding hydrogens is 617 g/mol. The SMILES string of the molecule is CCCC(C)c1cc(C2CCCCC2)c(OS(=O)(=O)C(F)(F)S(=O)(=O)NS(=O)(=O)C(F)(F)F)c(C2CCCCC2)c1. The summed E-state index contributed by atoms with van der Waals surface area (Å²) in [6, 6.07) is 3.40. The van der Waals surface area contributed by atoms with Crippen LogP contribution in [0.2, 0.25) is 0 Å². The third kappa shape index (κ3) is 7.35. The van der Waals surface area contributed by atoms with Crippen LogP contribution in [0, 0.1) is 0 Å². The van der Waals surface area contributed by atoms with Gasteiger partial charge in [0.1, 0.15) is 5.75 Å². The number of hydrogen-bond acceptors (Lipinski definition) is 7. The lowest BCUT2D eigenvalue weighted by Gasteiger charge is -2.31. The van der Waals surface area contributed by atoms with Gasteiger partial charge in [0.2, 0.25) is 0 Å². The van der Waals surface area contributed by atoms with Crippen LogP contribution in [-0.2, 0) is 30.2 Å². The molecule has 2 fully saturated rings. The van der Waals surface area contributed by atoms with Crippen molar-refractivity contribution in [2.75, 3.05) is 0 Å². The predicted molar refractivity (Wildman–Crippen MR) is 143 cm³/mol. The maximum atomic E-state index is 15.0. The highest BCUT2D eigenvalue weighted by Gasteiger charge is 2.64. The maximum Gasteiger partial charge on any atom is 0.512 e. The molecule has 2 aliphatic carbocycles. The average molecular weight is 654 g/mol. The maximum absolute atomic E-state index is 15.0. The van der Waals surface area contributed by atoms with Crippen molar-refractivity contribution in [3.05, 3.63) is 28.8 Å². The van der Waals surface area contributed by atoms with Gasteiger partial charge in [0.05, 0.1) is 0 Å². The fraction of sp³-hybridized carbons (Fsp3) is 0.760. The third-order valence-corrected chi connectivity index (χ3v) is 13.1. The fourth-order valence-corrected chi connectivity index (χ4v) is 9.56. The number of rotatable bonds is 11. The van der Waals surface area contributed by atoms with E-state index in [4.69, 9.17) is 4.18 Å². The number of benzene rings is 1. The van der Waals surface area contributed by atoms with Gasteiger partial charge in [0.25, 0.3) is 0 Å². The van der Waals surface area contributed by atoms with Crippen LogP contribution >= 0.6 is 0 Å². The molecule has 236 valence electrons. The van der Waals surface area contributed by atoms with Gasteiger partial charge in [-0.05, 0) is 66.5 Å². The minimum Gasteiger partial charge on any atom is -0.377 e. The standard InChI is InChI=1S/C25H36F5NO7S3/c1-3-10-17(2)20-15-21(18-11-6-4-7-12-18)23(22(16-20)19-13-8-5-9-14-19)38-41(36,37)25(29,30)40(34,35)31-39(32,33)24(26,27)28/h15-19,31H,3-14H2,1-2H3. The Bertz CT molecular complexity index is 1360. The molecule has 1 N–H and O–H groups in total. The van der Waals surface area contributed by atoms with Gasteiger partial charge in [-0.3, -0.25) is 0 Å². The van der Waals surface area contributed by atoms with Gasteiger partial charge < -0.3 is 4.18 Å². The quantitative estimate of drug-likeness (QED) is 0.208. The number of halogens is 5. The second kappa shape index (κ2) is 12.6. The third-order valence-electron chi connectivity index (χ3n) is 7.87. The number of alkyl halides is 5. The van der Waals surface area contributed by atoms with E-state index in [0.29, 0.717) is 36.8 Å². The first kappa shape index (κ1) is 34.0. The smallest absolute Gasteiger partial charge is 0.377 e. The molecule has 1 atom stereocenters. The summed E-state index contributed by atoms with van der Waals surface area (Å²) < 4.78 is 140. The van der Waals surface area contributed by atoms with Gasteiger partial charge in [-0.15, -0.1) is 0 Å². The molecule has 0 spiro atoms. The summed E-state index contributed by atoms with van der Waals surface area (Å²) in [6.45, 7) is 3.99. The lowest BCUT2D eigenvalue weighted by atomic mass is 9.77. The molecule has 0 amide bonds. The summed E-state index contributed by atoms with van der Waals surface area (Å²) in [6.07, 6.45) is 9.04. The zero-order chi connectivity index (χ0) is 30.9. The van der Waals surface area contributed by atoms with Gasteiger partial charge in [-0.1, -0.05) is 75.1 Å². The van der Waals surface area contributed by atoms with Crippen molar-refractivity contribution in [1.82, 2.24) is 4.13 Å². The van der Waals surface area contributed by atoms with Crippen LogP contribution in [0.5, 0.6) is 5.75 Å². The monoisotopic (exact) mass is 653 g/mol. The molecule has 0 aromatic heterocycles. The Balaban J connectivity index is 2.18. The molecule has 0 heterocycles. The summed E-state index contributed by atoms with van der Waals surface area (Å²) in [5.41, 5.74) is -4.78. The molecule has 8 nitrogen and oxygen atoms in total. The molecule has 0 bridgehead atoms. The zero-order valence-corrected chi connectivity index (χ0v) is 25.3. The van der Waals surface area contributed by atoms with Gasteiger partial charge in [0.15, 0.2) is 0 Å². The summed E-state index contributed by atoms with van der Waals surface area (Å²) in [4.78, 5) is 0. The Labute approximate surface area is 238 Å². The first-order valence-corrected chi connectivity index (χ1v) is 18.1. The minimum absolute atomic E-state index is 0.0360. The zero-order valence-electron chi connectivity index (χ0n) is 22.8. The predicted octanol–water partition coefficient (Wildman–Crippen LogP) is 6.71. The Morgan fingerprint density at radius 2 is 1.24 bits per heavy atom. The largest absolute Gasteiger partial charge is 0.512 e. The van der Waals surface area contributed by atoms with Crippen molar-refractivity contribution < 1.29 is 51.4 Å². The Morgan fingerprint density at radius 3 is 1.63 bits per heavy atom. The molecule has 0 radical (unpaired) electrons. The molecule has 3 rings (SSSR count). The van der Waals surface area contributed by atoms with Crippen LogP contribution in [0.1, 0.15) is 125 Å². The highest BCUT2D eigenvalue weighted by molar-refractivity contribution is 8.12. The molecule has 41 heavy (non-hydrogen) atoms. The first-order chi connectivity index (χ1) is 18.8. The molecule has 1 aromatic rings. The number of sulfonamides is 2. The molecular formula is C25H36F5NO7S3. The van der Waals surface area contributed by atoms with Gasteiger partial charge in [-0.2, -0.15) is 30.4 Å². The molecule has 0 aliphatic heterocycles. The van der Waals surface area contributed by atoms with E-state index >= 15 is 8.78 Å². The topological polar surface area (TPSA) is 124 Å². The van der Waals surface area contributed by atoms with E-state index in [1.807, 2.05) is 13.8 Å². The lowest BCUT2D eigenvalue weighted by molar-refractivity contribution is -0.0441. The highest BCUT2D eigenvalue weighted by Crippen LogP contribution is 2.48. The van der Waals surface area contributed by atoms with Crippen LogP contribution in [0.4, 0.5) is 22.0 Å². The number of nitrogens with one attached hydrogen (secondary N) is 1. The van der Waals surface area contributed by atoms with Gasteiger partial charge in [0, 0.05) is 0 Å². The van der Waals surface area contributed by atoms with Crippen molar-refractivity contribution in [2.45, 2.75) is 119 Å². The van der Waals surface area contributed by atoms with Gasteiger partial charge >= 0.3 is 40.3 Å². The summed E-state index contributed by atoms with van der Waals surface area (Å²) in [7, 11) is -20.4. The molecule has 1 aromatic carbocycles. The second-order valence-corrected chi connectivity index (χ2v) is 16.4. The van der Waals surface area contributed by atoms with E-state index in [9.17, 15) is 38.4 Å². The van der Waals surface area contributed by atoms with Crippen LogP contribution in [0.15, 0.2) is 12.1 Å². The fourth-order valence-electron chi connectivity index (χ4n) is 5.65. The Kier molecular flexibility index (Phi) is 10.4. The molecule has 16 heteroatoms. The van der Waals surface area contributed by atoms with Crippen LogP contribution in [0.25, 0.3) is 0 Å². The lowest BCUT2D eigenvalue weighted by Crippen LogP contribution is -2.51. The Hall–Kier alpha value is -1.52. The van der Waals surface area contributed by atoms with E-state index in [1.54, 1.807) is 12.1 Å². The van der Waals surface area contributed by atoms with Crippen molar-refractivity contribution in [2.24, 2.45) is 0 Å². The summed E-state index contributed by atoms with van der Waals surface area (Å²) in [5, 5.41) is 0. The Morgan fingerprint density at radius 1 is 0.805 bits per heavy atom. The molecule has 1 unspecified atom stereocenters. The van der Waals surface area contributed by atoms with E-state index in [0.717, 1.165) is 56.9 Å². The van der Waals surface area contributed by atoms with E-state index in [2.05, 4.69) is 0 Å². The van der Waals surface area contributed by atoms with Crippen molar-refractivity contribution in [3.8, 4) is 5.75 Å². The van der Waals surface area contributed by atoms with Crippen molar-refractivity contribution >= 4 is 30.2 Å². The van der Waals surface area contributed by atoms with Gasteiger partial charge in [-0.25, -0.2) is 16.8 Å². The van der Waals surface area contributed by atoms with Crippen LogP contribution in [0.3, 0.4) is 0 Å². The highest BCUT2D eigenvalue weighted by atomic mass is 32.3. The summed E-state index contributed by atoms with van der Waals surface area (Å²) in [5.74, 6) is -0.961. The van der Waals surface area contributed by atoms with E-state index in [1.165, 1.54) is 0 Å². The first-order valence-electron chi connectivity index (χ1n) is 13.7. The number of hydrogen-bond donors (Lipinski definition) is 1. The van der Waals surface area contributed by atoms with Crippen LogP contribution < -0.4 is 8.31 Å². The van der Waals surface area contributed by atoms with E-state index in [-0.39, 0.29) is 21.9 Å². The molecule has 0 saturated heterocycles.